The Hall–Kier alpha value is -2.36. The van der Waals surface area contributed by atoms with Gasteiger partial charge in [-0.05, 0) is 42.2 Å². The van der Waals surface area contributed by atoms with Crippen LogP contribution in [0.5, 0.6) is 0 Å². The molecule has 3 N–H and O–H groups in total. The molecule has 2 rings (SSSR count). The molecule has 4 heteroatoms. The maximum absolute atomic E-state index is 12.0. The lowest BCUT2D eigenvalue weighted by Crippen LogP contribution is -2.24. The van der Waals surface area contributed by atoms with Crippen LogP contribution in [0, 0.1) is 6.92 Å². The zero-order chi connectivity index (χ0) is 15.2. The highest BCUT2D eigenvalue weighted by atomic mass is 16.1. The van der Waals surface area contributed by atoms with E-state index in [0.29, 0.717) is 13.0 Å². The van der Waals surface area contributed by atoms with Gasteiger partial charge in [0.15, 0.2) is 0 Å². The second kappa shape index (κ2) is 6.88. The van der Waals surface area contributed by atoms with E-state index < -0.39 is 0 Å². The normalized spacial score (nSPS) is 11.9. The predicted octanol–water partition coefficient (Wildman–Crippen LogP) is 2.78. The zero-order valence-electron chi connectivity index (χ0n) is 12.5. The lowest BCUT2D eigenvalue weighted by atomic mass is 9.97. The first-order valence-electron chi connectivity index (χ1n) is 7.09. The third-order valence-corrected chi connectivity index (χ3v) is 3.57. The summed E-state index contributed by atoms with van der Waals surface area (Å²) >= 11 is 0. The summed E-state index contributed by atoms with van der Waals surface area (Å²) in [5.74, 6) is 0.194. The van der Waals surface area contributed by atoms with Crippen LogP contribution < -0.4 is 11.1 Å². The lowest BCUT2D eigenvalue weighted by Gasteiger charge is -2.12. The average Bonchev–Trinajstić information content (AvgIpc) is 2.47. The van der Waals surface area contributed by atoms with Crippen LogP contribution in [-0.4, -0.2) is 10.9 Å². The Labute approximate surface area is 125 Å². The molecule has 0 radical (unpaired) electrons. The highest BCUT2D eigenvalue weighted by Gasteiger charge is 2.11. The zero-order valence-corrected chi connectivity index (χ0v) is 12.5. The van der Waals surface area contributed by atoms with Crippen LogP contribution in [0.4, 0.5) is 5.69 Å². The number of nitrogens with zero attached hydrogens (tertiary/aromatic N) is 1. The number of rotatable bonds is 5. The maximum Gasteiger partial charge on any atom is 0.220 e. The van der Waals surface area contributed by atoms with Crippen molar-refractivity contribution in [3.05, 3.63) is 59.4 Å². The number of nitrogen functional groups attached to an aromatic ring is 1. The molecule has 0 aliphatic rings. The van der Waals surface area contributed by atoms with E-state index in [0.717, 1.165) is 22.5 Å². The number of aryl methyl sites for hydroxylation is 1. The monoisotopic (exact) mass is 283 g/mol. The summed E-state index contributed by atoms with van der Waals surface area (Å²) < 4.78 is 0. The van der Waals surface area contributed by atoms with Crippen LogP contribution in [0.1, 0.15) is 36.1 Å². The predicted molar refractivity (Wildman–Crippen MR) is 84.7 cm³/mol. The number of hydrogen-bond donors (Lipinski definition) is 2. The Morgan fingerprint density at radius 2 is 2.00 bits per heavy atom. The number of aromatic nitrogens is 1. The Kier molecular flexibility index (Phi) is 4.93. The number of hydrogen-bond acceptors (Lipinski definition) is 3. The van der Waals surface area contributed by atoms with Gasteiger partial charge in [-0.2, -0.15) is 0 Å². The summed E-state index contributed by atoms with van der Waals surface area (Å²) in [6.45, 7) is 4.50. The van der Waals surface area contributed by atoms with Gasteiger partial charge in [0.1, 0.15) is 0 Å². The van der Waals surface area contributed by atoms with Crippen molar-refractivity contribution in [3.63, 3.8) is 0 Å². The fourth-order valence-electron chi connectivity index (χ4n) is 2.18. The van der Waals surface area contributed by atoms with E-state index in [-0.39, 0.29) is 11.8 Å². The lowest BCUT2D eigenvalue weighted by molar-refractivity contribution is -0.121. The van der Waals surface area contributed by atoms with E-state index in [1.54, 1.807) is 6.20 Å². The van der Waals surface area contributed by atoms with E-state index >= 15 is 0 Å². The molecule has 1 amide bonds. The first kappa shape index (κ1) is 15.0. The third kappa shape index (κ3) is 4.31. The van der Waals surface area contributed by atoms with Gasteiger partial charge in [-0.25, -0.2) is 0 Å². The van der Waals surface area contributed by atoms with Crippen LogP contribution >= 0.6 is 0 Å². The minimum atomic E-state index is 0.0318. The van der Waals surface area contributed by atoms with Gasteiger partial charge in [0.25, 0.3) is 0 Å². The molecular formula is C17H21N3O. The Morgan fingerprint density at radius 3 is 2.67 bits per heavy atom. The van der Waals surface area contributed by atoms with Gasteiger partial charge < -0.3 is 11.1 Å². The number of pyridine rings is 1. The SMILES string of the molecule is Cc1cccnc1CNC(=O)CC(C)c1ccc(N)cc1. The van der Waals surface area contributed by atoms with Crippen LogP contribution in [0.3, 0.4) is 0 Å². The molecule has 1 heterocycles. The number of carbonyl (C=O) groups excluding carboxylic acids is 1. The molecule has 0 aliphatic heterocycles. The number of carbonyl (C=O) groups is 1. The van der Waals surface area contributed by atoms with Crippen molar-refractivity contribution < 1.29 is 4.79 Å². The molecule has 0 saturated heterocycles. The molecule has 0 spiro atoms. The second-order valence-electron chi connectivity index (χ2n) is 5.32. The molecule has 0 aliphatic carbocycles. The highest BCUT2D eigenvalue weighted by molar-refractivity contribution is 5.76. The standard InChI is InChI=1S/C17H21N3O/c1-12-4-3-9-19-16(12)11-20-17(21)10-13(2)14-5-7-15(18)8-6-14/h3-9,13H,10-11,18H2,1-2H3,(H,20,21). The molecule has 21 heavy (non-hydrogen) atoms. The van der Waals surface area contributed by atoms with Crippen molar-refractivity contribution in [3.8, 4) is 0 Å². The smallest absolute Gasteiger partial charge is 0.220 e. The minimum Gasteiger partial charge on any atom is -0.399 e. The highest BCUT2D eigenvalue weighted by Crippen LogP contribution is 2.20. The summed E-state index contributed by atoms with van der Waals surface area (Å²) in [6, 6.07) is 11.5. The van der Waals surface area contributed by atoms with Crippen LogP contribution in [0.2, 0.25) is 0 Å². The fourth-order valence-corrected chi connectivity index (χ4v) is 2.18. The maximum atomic E-state index is 12.0. The minimum absolute atomic E-state index is 0.0318. The van der Waals surface area contributed by atoms with Crippen LogP contribution in [0.25, 0.3) is 0 Å². The summed E-state index contributed by atoms with van der Waals surface area (Å²) in [6.07, 6.45) is 2.20. The van der Waals surface area contributed by atoms with Crippen LogP contribution in [0.15, 0.2) is 42.6 Å². The van der Waals surface area contributed by atoms with E-state index in [1.165, 1.54) is 0 Å². The number of anilines is 1. The fraction of sp³-hybridized carbons (Fsp3) is 0.294. The Bertz CT molecular complexity index is 608. The van der Waals surface area contributed by atoms with E-state index in [2.05, 4.69) is 10.3 Å². The van der Waals surface area contributed by atoms with Gasteiger partial charge in [0.05, 0.1) is 12.2 Å². The molecule has 0 fully saturated rings. The van der Waals surface area contributed by atoms with E-state index in [4.69, 9.17) is 5.73 Å². The number of nitrogens with two attached hydrogens (primary N) is 1. The molecule has 110 valence electrons. The van der Waals surface area contributed by atoms with E-state index in [9.17, 15) is 4.79 Å². The van der Waals surface area contributed by atoms with Crippen molar-refractivity contribution in [2.24, 2.45) is 0 Å². The molecule has 4 nitrogen and oxygen atoms in total. The van der Waals surface area contributed by atoms with Gasteiger partial charge in [-0.3, -0.25) is 9.78 Å². The quantitative estimate of drug-likeness (QED) is 0.829. The van der Waals surface area contributed by atoms with Crippen molar-refractivity contribution >= 4 is 11.6 Å². The van der Waals surface area contributed by atoms with Gasteiger partial charge >= 0.3 is 0 Å². The molecule has 0 saturated carbocycles. The molecule has 1 aromatic heterocycles. The summed E-state index contributed by atoms with van der Waals surface area (Å²) in [5.41, 5.74) is 9.52. The molecular weight excluding hydrogens is 262 g/mol. The first-order valence-corrected chi connectivity index (χ1v) is 7.09. The number of benzene rings is 1. The molecule has 2 aromatic rings. The largest absolute Gasteiger partial charge is 0.399 e. The van der Waals surface area contributed by atoms with Crippen molar-refractivity contribution in [1.29, 1.82) is 0 Å². The number of nitrogens with one attached hydrogen (secondary N) is 1. The summed E-state index contributed by atoms with van der Waals surface area (Å²) in [5, 5.41) is 2.93. The summed E-state index contributed by atoms with van der Waals surface area (Å²) in [4.78, 5) is 16.3. The van der Waals surface area contributed by atoms with E-state index in [1.807, 2.05) is 50.2 Å². The first-order chi connectivity index (χ1) is 10.1. The van der Waals surface area contributed by atoms with Gasteiger partial charge in [-0.1, -0.05) is 25.1 Å². The molecule has 1 aromatic carbocycles. The van der Waals surface area contributed by atoms with Crippen molar-refractivity contribution in [2.75, 3.05) is 5.73 Å². The second-order valence-corrected chi connectivity index (χ2v) is 5.32. The summed E-state index contributed by atoms with van der Waals surface area (Å²) in [7, 11) is 0. The average molecular weight is 283 g/mol. The van der Waals surface area contributed by atoms with Crippen molar-refractivity contribution in [2.45, 2.75) is 32.7 Å². The van der Waals surface area contributed by atoms with Gasteiger partial charge in [0, 0.05) is 18.3 Å². The Balaban J connectivity index is 1.87. The van der Waals surface area contributed by atoms with Crippen molar-refractivity contribution in [1.82, 2.24) is 10.3 Å². The molecule has 1 atom stereocenters. The molecule has 1 unspecified atom stereocenters. The van der Waals surface area contributed by atoms with Gasteiger partial charge in [-0.15, -0.1) is 0 Å². The van der Waals surface area contributed by atoms with Crippen LogP contribution in [-0.2, 0) is 11.3 Å². The van der Waals surface area contributed by atoms with Gasteiger partial charge in [0.2, 0.25) is 5.91 Å². The Morgan fingerprint density at radius 1 is 1.29 bits per heavy atom. The number of amides is 1. The third-order valence-electron chi connectivity index (χ3n) is 3.57. The topological polar surface area (TPSA) is 68.0 Å². The molecule has 0 bridgehead atoms.